The molecule has 0 N–H and O–H groups in total. The maximum Gasteiger partial charge on any atom is 0.373 e. The van der Waals surface area contributed by atoms with Crippen molar-refractivity contribution in [1.82, 2.24) is 0 Å². The summed E-state index contributed by atoms with van der Waals surface area (Å²) in [6.45, 7) is 1.26. The fourth-order valence-electron chi connectivity index (χ4n) is 1.08. The number of methoxy groups -OCH3 is 1. The van der Waals surface area contributed by atoms with E-state index in [9.17, 15) is 18.0 Å². The number of carbonyl (C=O) groups excluding carboxylic acids is 2. The first-order chi connectivity index (χ1) is 7.77. The minimum absolute atomic E-state index is 0.142. The van der Waals surface area contributed by atoms with E-state index < -0.39 is 26.8 Å². The van der Waals surface area contributed by atoms with E-state index in [1.54, 1.807) is 0 Å². The second-order valence-electron chi connectivity index (χ2n) is 3.49. The summed E-state index contributed by atoms with van der Waals surface area (Å²) in [6, 6.07) is 2.50. The second kappa shape index (κ2) is 4.70. The number of rotatable bonds is 4. The van der Waals surface area contributed by atoms with Gasteiger partial charge >= 0.3 is 5.97 Å². The molecule has 0 fully saturated rings. The standard InChI is InChI=1S/C10H12O6S/c1-6(17(3,13)14)9(11)7-4-5-8(16-7)10(12)15-2/h4-6H,1-3H3. The van der Waals surface area contributed by atoms with Crippen molar-refractivity contribution in [2.24, 2.45) is 0 Å². The topological polar surface area (TPSA) is 90.7 Å². The van der Waals surface area contributed by atoms with Gasteiger partial charge in [0.05, 0.1) is 7.11 Å². The Balaban J connectivity index is 2.99. The summed E-state index contributed by atoms with van der Waals surface area (Å²) in [5.74, 6) is -1.74. The molecule has 0 radical (unpaired) electrons. The van der Waals surface area contributed by atoms with Gasteiger partial charge in [-0.3, -0.25) is 4.79 Å². The fraction of sp³-hybridized carbons (Fsp3) is 0.400. The van der Waals surface area contributed by atoms with Crippen molar-refractivity contribution in [3.8, 4) is 0 Å². The van der Waals surface area contributed by atoms with E-state index >= 15 is 0 Å². The van der Waals surface area contributed by atoms with Crippen LogP contribution in [0.2, 0.25) is 0 Å². The van der Waals surface area contributed by atoms with Crippen molar-refractivity contribution >= 4 is 21.6 Å². The number of carbonyl (C=O) groups is 2. The fourth-order valence-corrected chi connectivity index (χ4v) is 1.58. The molecule has 94 valence electrons. The smallest absolute Gasteiger partial charge is 0.373 e. The molecule has 0 aromatic carbocycles. The Morgan fingerprint density at radius 1 is 1.29 bits per heavy atom. The Hall–Kier alpha value is -1.63. The minimum atomic E-state index is -3.49. The van der Waals surface area contributed by atoms with Crippen LogP contribution in [0.5, 0.6) is 0 Å². The molecule has 0 saturated heterocycles. The summed E-state index contributed by atoms with van der Waals surface area (Å²) in [5.41, 5.74) is 0. The number of hydrogen-bond donors (Lipinski definition) is 0. The van der Waals surface area contributed by atoms with E-state index in [1.807, 2.05) is 0 Å². The monoisotopic (exact) mass is 260 g/mol. The molecular weight excluding hydrogens is 248 g/mol. The second-order valence-corrected chi connectivity index (χ2v) is 5.86. The summed E-state index contributed by atoms with van der Waals surface area (Å²) in [6.07, 6.45) is 0.958. The summed E-state index contributed by atoms with van der Waals surface area (Å²) < 4.78 is 31.7. The molecule has 0 amide bonds. The number of esters is 1. The van der Waals surface area contributed by atoms with Crippen LogP contribution in [0.3, 0.4) is 0 Å². The summed E-state index contributed by atoms with van der Waals surface area (Å²) in [7, 11) is -2.32. The maximum absolute atomic E-state index is 11.7. The number of furan rings is 1. The highest BCUT2D eigenvalue weighted by molar-refractivity contribution is 7.92. The van der Waals surface area contributed by atoms with Gasteiger partial charge in [-0.25, -0.2) is 13.2 Å². The van der Waals surface area contributed by atoms with E-state index in [1.165, 1.54) is 26.2 Å². The van der Waals surface area contributed by atoms with Crippen LogP contribution in [0.4, 0.5) is 0 Å². The summed E-state index contributed by atoms with van der Waals surface area (Å²) >= 11 is 0. The van der Waals surface area contributed by atoms with Crippen molar-refractivity contribution in [3.63, 3.8) is 0 Å². The van der Waals surface area contributed by atoms with Crippen LogP contribution in [-0.2, 0) is 14.6 Å². The quantitative estimate of drug-likeness (QED) is 0.584. The van der Waals surface area contributed by atoms with Gasteiger partial charge in [0.2, 0.25) is 11.5 Å². The number of sulfone groups is 1. The lowest BCUT2D eigenvalue weighted by atomic mass is 10.2. The molecule has 7 heteroatoms. The Labute approximate surface area is 98.5 Å². The van der Waals surface area contributed by atoms with Crippen molar-refractivity contribution in [1.29, 1.82) is 0 Å². The molecule has 1 rings (SSSR count). The molecule has 0 saturated carbocycles. The summed E-state index contributed by atoms with van der Waals surface area (Å²) in [4.78, 5) is 22.8. The lowest BCUT2D eigenvalue weighted by Gasteiger charge is -2.05. The van der Waals surface area contributed by atoms with Crippen LogP contribution >= 0.6 is 0 Å². The summed E-state index contributed by atoms with van der Waals surface area (Å²) in [5, 5.41) is -1.21. The van der Waals surface area contributed by atoms with E-state index in [0.717, 1.165) is 6.26 Å². The third kappa shape index (κ3) is 2.94. The lowest BCUT2D eigenvalue weighted by Crippen LogP contribution is -2.25. The van der Waals surface area contributed by atoms with Crippen molar-refractivity contribution in [2.75, 3.05) is 13.4 Å². The molecule has 0 aliphatic carbocycles. The predicted molar refractivity (Wildman–Crippen MR) is 58.7 cm³/mol. The van der Waals surface area contributed by atoms with Gasteiger partial charge in [-0.1, -0.05) is 0 Å². The molecule has 1 aromatic rings. The van der Waals surface area contributed by atoms with Gasteiger partial charge in [-0.15, -0.1) is 0 Å². The molecule has 17 heavy (non-hydrogen) atoms. The predicted octanol–water partition coefficient (Wildman–Crippen LogP) is 0.682. The third-order valence-corrected chi connectivity index (χ3v) is 3.75. The molecule has 0 aliphatic heterocycles. The SMILES string of the molecule is COC(=O)c1ccc(C(=O)C(C)S(C)(=O)=O)o1. The van der Waals surface area contributed by atoms with Crippen molar-refractivity contribution < 1.29 is 27.2 Å². The average molecular weight is 260 g/mol. The first kappa shape index (κ1) is 13.4. The largest absolute Gasteiger partial charge is 0.463 e. The average Bonchev–Trinajstić information content (AvgIpc) is 2.73. The molecule has 1 unspecified atom stereocenters. The number of hydrogen-bond acceptors (Lipinski definition) is 6. The van der Waals surface area contributed by atoms with Gasteiger partial charge in [0.25, 0.3) is 0 Å². The van der Waals surface area contributed by atoms with Crippen LogP contribution in [0, 0.1) is 0 Å². The zero-order valence-electron chi connectivity index (χ0n) is 9.59. The third-order valence-electron chi connectivity index (χ3n) is 2.25. The molecule has 1 aromatic heterocycles. The van der Waals surface area contributed by atoms with E-state index in [4.69, 9.17) is 4.42 Å². The van der Waals surface area contributed by atoms with E-state index in [2.05, 4.69) is 4.74 Å². The zero-order chi connectivity index (χ0) is 13.2. The molecule has 1 heterocycles. The first-order valence-corrected chi connectivity index (χ1v) is 6.64. The van der Waals surface area contributed by atoms with Gasteiger partial charge in [0.15, 0.2) is 15.6 Å². The van der Waals surface area contributed by atoms with Gasteiger partial charge in [-0.05, 0) is 19.1 Å². The zero-order valence-corrected chi connectivity index (χ0v) is 10.4. The Bertz CT molecular complexity index is 539. The maximum atomic E-state index is 11.7. The molecule has 0 spiro atoms. The Kier molecular flexibility index (Phi) is 3.72. The highest BCUT2D eigenvalue weighted by Crippen LogP contribution is 2.14. The van der Waals surface area contributed by atoms with Crippen LogP contribution in [-0.4, -0.2) is 38.8 Å². The Morgan fingerprint density at radius 3 is 2.29 bits per heavy atom. The number of ketones is 1. The van der Waals surface area contributed by atoms with Gasteiger partial charge < -0.3 is 9.15 Å². The van der Waals surface area contributed by atoms with E-state index in [0.29, 0.717) is 0 Å². The number of Topliss-reactive ketones (excluding diaryl/α,β-unsaturated/α-hetero) is 1. The van der Waals surface area contributed by atoms with Crippen LogP contribution in [0.15, 0.2) is 16.5 Å². The molecular formula is C10H12O6S. The van der Waals surface area contributed by atoms with Crippen molar-refractivity contribution in [3.05, 3.63) is 23.7 Å². The Morgan fingerprint density at radius 2 is 1.82 bits per heavy atom. The highest BCUT2D eigenvalue weighted by atomic mass is 32.2. The highest BCUT2D eigenvalue weighted by Gasteiger charge is 2.27. The van der Waals surface area contributed by atoms with Crippen LogP contribution < -0.4 is 0 Å². The van der Waals surface area contributed by atoms with Crippen LogP contribution in [0.1, 0.15) is 28.0 Å². The molecule has 6 nitrogen and oxygen atoms in total. The van der Waals surface area contributed by atoms with Crippen molar-refractivity contribution in [2.45, 2.75) is 12.2 Å². The minimum Gasteiger partial charge on any atom is -0.463 e. The molecule has 0 bridgehead atoms. The molecule has 0 aliphatic rings. The lowest BCUT2D eigenvalue weighted by molar-refractivity contribution is 0.0563. The van der Waals surface area contributed by atoms with Gasteiger partial charge in [-0.2, -0.15) is 0 Å². The van der Waals surface area contributed by atoms with Gasteiger partial charge in [0.1, 0.15) is 5.25 Å². The normalized spacial score (nSPS) is 13.1. The van der Waals surface area contributed by atoms with Gasteiger partial charge in [0, 0.05) is 6.26 Å². The first-order valence-electron chi connectivity index (χ1n) is 4.68. The molecule has 1 atom stereocenters. The van der Waals surface area contributed by atoms with Crippen LogP contribution in [0.25, 0.3) is 0 Å². The van der Waals surface area contributed by atoms with E-state index in [-0.39, 0.29) is 11.5 Å². The number of ether oxygens (including phenoxy) is 1.